The predicted octanol–water partition coefficient (Wildman–Crippen LogP) is 1.98. The molecule has 0 radical (unpaired) electrons. The lowest BCUT2D eigenvalue weighted by molar-refractivity contribution is 0.0691. The Balaban J connectivity index is 1.84. The van der Waals surface area contributed by atoms with Gasteiger partial charge in [0, 0.05) is 12.7 Å². The molecule has 0 aliphatic carbocycles. The minimum Gasteiger partial charge on any atom is -0.393 e. The third kappa shape index (κ3) is 3.51. The smallest absolute Gasteiger partial charge is 0.0544 e. The summed E-state index contributed by atoms with van der Waals surface area (Å²) in [7, 11) is 0. The molecular weight excluding hydrogens is 212 g/mol. The summed E-state index contributed by atoms with van der Waals surface area (Å²) in [5.74, 6) is 0.484. The van der Waals surface area contributed by atoms with E-state index in [-0.39, 0.29) is 6.10 Å². The summed E-state index contributed by atoms with van der Waals surface area (Å²) in [6.45, 7) is 7.05. The summed E-state index contributed by atoms with van der Waals surface area (Å²) < 4.78 is 0. The summed E-state index contributed by atoms with van der Waals surface area (Å²) in [5, 5.41) is 9.55. The third-order valence-electron chi connectivity index (χ3n) is 3.67. The number of hydrogen-bond donors (Lipinski definition) is 1. The maximum absolute atomic E-state index is 9.55. The summed E-state index contributed by atoms with van der Waals surface area (Å²) in [6.07, 6.45) is 3.97. The Morgan fingerprint density at radius 2 is 2.12 bits per heavy atom. The Bertz CT molecular complexity index is 340. The molecule has 0 amide bonds. The highest BCUT2D eigenvalue weighted by Gasteiger charge is 2.22. The topological polar surface area (TPSA) is 36.4 Å². The van der Waals surface area contributed by atoms with Crippen molar-refractivity contribution in [1.29, 1.82) is 0 Å². The van der Waals surface area contributed by atoms with Gasteiger partial charge in [0.05, 0.1) is 11.8 Å². The second-order valence-electron chi connectivity index (χ2n) is 5.18. The van der Waals surface area contributed by atoms with Crippen LogP contribution in [0.2, 0.25) is 0 Å². The zero-order valence-corrected chi connectivity index (χ0v) is 10.8. The van der Waals surface area contributed by atoms with E-state index in [1.165, 1.54) is 5.56 Å². The fourth-order valence-corrected chi connectivity index (χ4v) is 2.41. The molecule has 1 aliphatic heterocycles. The van der Waals surface area contributed by atoms with Gasteiger partial charge >= 0.3 is 0 Å². The van der Waals surface area contributed by atoms with Gasteiger partial charge in [-0.15, -0.1) is 0 Å². The molecular formula is C14H22N2O. The van der Waals surface area contributed by atoms with Gasteiger partial charge < -0.3 is 5.11 Å². The number of pyridine rings is 1. The van der Waals surface area contributed by atoms with Gasteiger partial charge in [-0.3, -0.25) is 9.88 Å². The Morgan fingerprint density at radius 1 is 1.41 bits per heavy atom. The van der Waals surface area contributed by atoms with E-state index < -0.39 is 0 Å². The van der Waals surface area contributed by atoms with Crippen molar-refractivity contribution >= 4 is 0 Å². The van der Waals surface area contributed by atoms with Crippen LogP contribution < -0.4 is 0 Å². The highest BCUT2D eigenvalue weighted by atomic mass is 16.3. The van der Waals surface area contributed by atoms with Crippen LogP contribution in [0.3, 0.4) is 0 Å². The highest BCUT2D eigenvalue weighted by molar-refractivity contribution is 5.12. The van der Waals surface area contributed by atoms with Crippen molar-refractivity contribution in [1.82, 2.24) is 9.88 Å². The number of aliphatic hydroxyl groups is 1. The minimum atomic E-state index is -0.158. The number of aromatic nitrogens is 1. The molecule has 1 aliphatic rings. The fraction of sp³-hybridized carbons (Fsp3) is 0.643. The second kappa shape index (κ2) is 5.61. The normalized spacial score (nSPS) is 20.4. The number of hydrogen-bond acceptors (Lipinski definition) is 3. The molecule has 1 atom stereocenters. The molecule has 3 nitrogen and oxygen atoms in total. The Labute approximate surface area is 103 Å². The number of aliphatic hydroxyl groups excluding tert-OH is 1. The van der Waals surface area contributed by atoms with Crippen LogP contribution in [-0.4, -0.2) is 34.2 Å². The number of nitrogens with zero attached hydrogens (tertiary/aromatic N) is 2. The van der Waals surface area contributed by atoms with Gasteiger partial charge in [0.2, 0.25) is 0 Å². The van der Waals surface area contributed by atoms with Crippen LogP contribution in [0.5, 0.6) is 0 Å². The first-order valence-electron chi connectivity index (χ1n) is 6.47. The highest BCUT2D eigenvalue weighted by Crippen LogP contribution is 2.21. The van der Waals surface area contributed by atoms with E-state index in [4.69, 9.17) is 0 Å². The van der Waals surface area contributed by atoms with E-state index >= 15 is 0 Å². The van der Waals surface area contributed by atoms with E-state index in [0.717, 1.165) is 38.2 Å². The molecule has 1 unspecified atom stereocenters. The molecule has 94 valence electrons. The molecule has 17 heavy (non-hydrogen) atoms. The van der Waals surface area contributed by atoms with Crippen LogP contribution in [0, 0.1) is 12.8 Å². The maximum Gasteiger partial charge on any atom is 0.0544 e. The molecule has 1 N–H and O–H groups in total. The van der Waals surface area contributed by atoms with Gasteiger partial charge in [-0.05, 0) is 57.3 Å². The van der Waals surface area contributed by atoms with Crippen molar-refractivity contribution in [2.75, 3.05) is 13.1 Å². The summed E-state index contributed by atoms with van der Waals surface area (Å²) in [6, 6.07) is 4.22. The van der Waals surface area contributed by atoms with Crippen molar-refractivity contribution in [3.63, 3.8) is 0 Å². The molecule has 2 heterocycles. The molecule has 3 heteroatoms. The Kier molecular flexibility index (Phi) is 4.13. The SMILES string of the molecule is Cc1ccc(CN2CCC(C(C)O)CC2)nc1. The summed E-state index contributed by atoms with van der Waals surface area (Å²) >= 11 is 0. The van der Waals surface area contributed by atoms with Crippen LogP contribution in [0.1, 0.15) is 31.0 Å². The van der Waals surface area contributed by atoms with Crippen LogP contribution >= 0.6 is 0 Å². The number of rotatable bonds is 3. The largest absolute Gasteiger partial charge is 0.393 e. The van der Waals surface area contributed by atoms with Crippen LogP contribution in [0.4, 0.5) is 0 Å². The monoisotopic (exact) mass is 234 g/mol. The lowest BCUT2D eigenvalue weighted by atomic mass is 9.92. The zero-order chi connectivity index (χ0) is 12.3. The number of likely N-dealkylation sites (tertiary alicyclic amines) is 1. The molecule has 0 bridgehead atoms. The van der Waals surface area contributed by atoms with Gasteiger partial charge in [0.1, 0.15) is 0 Å². The first-order chi connectivity index (χ1) is 8.15. The maximum atomic E-state index is 9.55. The van der Waals surface area contributed by atoms with Crippen LogP contribution in [-0.2, 0) is 6.54 Å². The average Bonchev–Trinajstić information content (AvgIpc) is 2.33. The molecule has 2 rings (SSSR count). The van der Waals surface area contributed by atoms with Crippen molar-refractivity contribution in [3.05, 3.63) is 29.6 Å². The molecule has 1 fully saturated rings. The van der Waals surface area contributed by atoms with Crippen LogP contribution in [0.25, 0.3) is 0 Å². The van der Waals surface area contributed by atoms with Gasteiger partial charge in [-0.1, -0.05) is 6.07 Å². The molecule has 1 saturated heterocycles. The standard InChI is InChI=1S/C14H22N2O/c1-11-3-4-14(15-9-11)10-16-7-5-13(6-8-16)12(2)17/h3-4,9,12-13,17H,5-8,10H2,1-2H3. The molecule has 0 aromatic carbocycles. The van der Waals surface area contributed by atoms with Crippen molar-refractivity contribution < 1.29 is 5.11 Å². The fourth-order valence-electron chi connectivity index (χ4n) is 2.41. The Morgan fingerprint density at radius 3 is 2.65 bits per heavy atom. The van der Waals surface area contributed by atoms with E-state index in [1.54, 1.807) is 0 Å². The first kappa shape index (κ1) is 12.5. The molecule has 0 spiro atoms. The summed E-state index contributed by atoms with van der Waals surface area (Å²) in [4.78, 5) is 6.86. The lowest BCUT2D eigenvalue weighted by Crippen LogP contribution is -2.36. The predicted molar refractivity (Wildman–Crippen MR) is 68.7 cm³/mol. The van der Waals surface area contributed by atoms with Crippen LogP contribution in [0.15, 0.2) is 18.3 Å². The van der Waals surface area contributed by atoms with E-state index in [9.17, 15) is 5.11 Å². The van der Waals surface area contributed by atoms with Crippen molar-refractivity contribution in [3.8, 4) is 0 Å². The average molecular weight is 234 g/mol. The molecule has 1 aromatic rings. The lowest BCUT2D eigenvalue weighted by Gasteiger charge is -2.32. The quantitative estimate of drug-likeness (QED) is 0.869. The molecule has 0 saturated carbocycles. The Hall–Kier alpha value is -0.930. The van der Waals surface area contributed by atoms with Crippen molar-refractivity contribution in [2.24, 2.45) is 5.92 Å². The number of piperidine rings is 1. The van der Waals surface area contributed by atoms with Gasteiger partial charge in [-0.2, -0.15) is 0 Å². The second-order valence-corrected chi connectivity index (χ2v) is 5.18. The third-order valence-corrected chi connectivity index (χ3v) is 3.67. The number of aryl methyl sites for hydroxylation is 1. The summed E-state index contributed by atoms with van der Waals surface area (Å²) in [5.41, 5.74) is 2.35. The molecule has 1 aromatic heterocycles. The van der Waals surface area contributed by atoms with Gasteiger partial charge in [0.15, 0.2) is 0 Å². The van der Waals surface area contributed by atoms with E-state index in [1.807, 2.05) is 13.1 Å². The van der Waals surface area contributed by atoms with Gasteiger partial charge in [-0.25, -0.2) is 0 Å². The zero-order valence-electron chi connectivity index (χ0n) is 10.8. The van der Waals surface area contributed by atoms with Gasteiger partial charge in [0.25, 0.3) is 0 Å². The van der Waals surface area contributed by atoms with E-state index in [2.05, 4.69) is 28.9 Å². The van der Waals surface area contributed by atoms with E-state index in [0.29, 0.717) is 5.92 Å². The minimum absolute atomic E-state index is 0.158. The van der Waals surface area contributed by atoms with Crippen molar-refractivity contribution in [2.45, 2.75) is 39.3 Å². The first-order valence-corrected chi connectivity index (χ1v) is 6.47.